The van der Waals surface area contributed by atoms with E-state index in [1.54, 1.807) is 24.2 Å². The van der Waals surface area contributed by atoms with Gasteiger partial charge in [0.05, 0.1) is 5.69 Å². The Morgan fingerprint density at radius 3 is 2.73 bits per heavy atom. The van der Waals surface area contributed by atoms with E-state index in [1.165, 1.54) is 30.6 Å². The highest BCUT2D eigenvalue weighted by Crippen LogP contribution is 2.27. The normalized spacial score (nSPS) is 16.2. The van der Waals surface area contributed by atoms with Crippen molar-refractivity contribution in [2.24, 2.45) is 0 Å². The van der Waals surface area contributed by atoms with Gasteiger partial charge in [-0.1, -0.05) is 0 Å². The molecule has 1 aromatic carbocycles. The number of hydrogen-bond acceptors (Lipinski definition) is 7. The van der Waals surface area contributed by atoms with Crippen LogP contribution in [0.5, 0.6) is 0 Å². The highest BCUT2D eigenvalue weighted by molar-refractivity contribution is 5.94. The maximum Gasteiger partial charge on any atom is 0.253 e. The summed E-state index contributed by atoms with van der Waals surface area (Å²) >= 11 is 0. The van der Waals surface area contributed by atoms with Gasteiger partial charge in [-0.05, 0) is 43.2 Å². The third-order valence-electron chi connectivity index (χ3n) is 5.06. The molecule has 0 radical (unpaired) electrons. The van der Waals surface area contributed by atoms with E-state index in [9.17, 15) is 9.18 Å². The highest BCUT2D eigenvalue weighted by Gasteiger charge is 2.26. The Morgan fingerprint density at radius 2 is 1.93 bits per heavy atom. The van der Waals surface area contributed by atoms with E-state index in [0.29, 0.717) is 36.2 Å². The van der Waals surface area contributed by atoms with Crippen molar-refractivity contribution in [3.05, 3.63) is 66.0 Å². The van der Waals surface area contributed by atoms with Gasteiger partial charge in [0.25, 0.3) is 5.91 Å². The lowest BCUT2D eigenvalue weighted by Gasteiger charge is -2.32. The van der Waals surface area contributed by atoms with E-state index >= 15 is 0 Å². The number of likely N-dealkylation sites (tertiary alicyclic amines) is 1. The van der Waals surface area contributed by atoms with Gasteiger partial charge in [0.2, 0.25) is 5.95 Å². The first-order valence-corrected chi connectivity index (χ1v) is 9.77. The molecule has 4 rings (SSSR count). The molecular formula is C21H22FN7O. The van der Waals surface area contributed by atoms with E-state index in [1.807, 2.05) is 6.07 Å². The van der Waals surface area contributed by atoms with Crippen LogP contribution in [0.2, 0.25) is 0 Å². The zero-order chi connectivity index (χ0) is 20.9. The van der Waals surface area contributed by atoms with Crippen LogP contribution in [0.1, 0.15) is 34.8 Å². The van der Waals surface area contributed by atoms with Gasteiger partial charge in [0.1, 0.15) is 23.8 Å². The molecule has 1 atom stereocenters. The van der Waals surface area contributed by atoms with Crippen LogP contribution < -0.4 is 10.6 Å². The predicted molar refractivity (Wildman–Crippen MR) is 111 cm³/mol. The van der Waals surface area contributed by atoms with Crippen LogP contribution in [0, 0.1) is 5.82 Å². The molecule has 0 spiro atoms. The molecule has 1 saturated heterocycles. The van der Waals surface area contributed by atoms with Gasteiger partial charge in [-0.25, -0.2) is 24.3 Å². The summed E-state index contributed by atoms with van der Waals surface area (Å²) in [6, 6.07) is 9.30. The Hall–Kier alpha value is -3.62. The minimum atomic E-state index is -0.352. The van der Waals surface area contributed by atoms with Crippen molar-refractivity contribution in [2.45, 2.75) is 18.8 Å². The molecule has 9 heteroatoms. The first-order chi connectivity index (χ1) is 14.6. The van der Waals surface area contributed by atoms with Crippen molar-refractivity contribution in [2.75, 3.05) is 30.8 Å². The third kappa shape index (κ3) is 4.51. The minimum absolute atomic E-state index is 0.0901. The summed E-state index contributed by atoms with van der Waals surface area (Å²) in [5.41, 5.74) is 1.36. The van der Waals surface area contributed by atoms with Gasteiger partial charge in [-0.3, -0.25) is 4.79 Å². The molecule has 2 N–H and O–H groups in total. The number of anilines is 3. The molecule has 1 aliphatic rings. The SMILES string of the molecule is CNc1cc(Nc2nccc([C@@H]3CCCN(C(=O)c4ccc(F)cc4)C3)n2)ncn1. The molecule has 0 unspecified atom stereocenters. The molecule has 2 aromatic heterocycles. The number of benzene rings is 1. The van der Waals surface area contributed by atoms with Crippen molar-refractivity contribution < 1.29 is 9.18 Å². The highest BCUT2D eigenvalue weighted by atomic mass is 19.1. The number of aromatic nitrogens is 4. The van der Waals surface area contributed by atoms with Gasteiger partial charge in [0, 0.05) is 43.9 Å². The van der Waals surface area contributed by atoms with Crippen LogP contribution in [0.3, 0.4) is 0 Å². The van der Waals surface area contributed by atoms with Crippen LogP contribution in [0.15, 0.2) is 48.9 Å². The van der Waals surface area contributed by atoms with Crippen molar-refractivity contribution in [3.63, 3.8) is 0 Å². The number of hydrogen-bond donors (Lipinski definition) is 2. The first-order valence-electron chi connectivity index (χ1n) is 9.77. The summed E-state index contributed by atoms with van der Waals surface area (Å²) in [6.45, 7) is 1.24. The Labute approximate surface area is 173 Å². The predicted octanol–water partition coefficient (Wildman–Crippen LogP) is 3.21. The molecule has 1 fully saturated rings. The maximum atomic E-state index is 13.2. The van der Waals surface area contributed by atoms with E-state index in [0.717, 1.165) is 18.5 Å². The summed E-state index contributed by atoms with van der Waals surface area (Å²) in [5, 5.41) is 6.05. The smallest absolute Gasteiger partial charge is 0.253 e. The second-order valence-electron chi connectivity index (χ2n) is 7.07. The summed E-state index contributed by atoms with van der Waals surface area (Å²) in [5.74, 6) is 1.37. The van der Waals surface area contributed by atoms with Gasteiger partial charge in [0.15, 0.2) is 0 Å². The number of piperidine rings is 1. The summed E-state index contributed by atoms with van der Waals surface area (Å²) in [7, 11) is 1.78. The number of halogens is 1. The molecule has 3 aromatic rings. The van der Waals surface area contributed by atoms with E-state index in [2.05, 4.69) is 30.6 Å². The first kappa shape index (κ1) is 19.7. The quantitative estimate of drug-likeness (QED) is 0.670. The zero-order valence-electron chi connectivity index (χ0n) is 16.5. The topological polar surface area (TPSA) is 95.9 Å². The molecule has 0 saturated carbocycles. The molecule has 1 amide bonds. The van der Waals surface area contributed by atoms with Gasteiger partial charge < -0.3 is 15.5 Å². The number of carbonyl (C=O) groups excluding carboxylic acids is 1. The fourth-order valence-electron chi connectivity index (χ4n) is 3.52. The van der Waals surface area contributed by atoms with E-state index in [4.69, 9.17) is 0 Å². The second-order valence-corrected chi connectivity index (χ2v) is 7.07. The second kappa shape index (κ2) is 8.81. The van der Waals surface area contributed by atoms with Crippen LogP contribution in [-0.2, 0) is 0 Å². The van der Waals surface area contributed by atoms with Crippen LogP contribution in [0.25, 0.3) is 0 Å². The van der Waals surface area contributed by atoms with Crippen molar-refractivity contribution in [3.8, 4) is 0 Å². The number of rotatable bonds is 5. The third-order valence-corrected chi connectivity index (χ3v) is 5.06. The lowest BCUT2D eigenvalue weighted by atomic mass is 9.94. The number of amides is 1. The number of nitrogens with one attached hydrogen (secondary N) is 2. The molecule has 0 bridgehead atoms. The van der Waals surface area contributed by atoms with Crippen molar-refractivity contribution in [1.29, 1.82) is 0 Å². The largest absolute Gasteiger partial charge is 0.373 e. The Morgan fingerprint density at radius 1 is 1.13 bits per heavy atom. The van der Waals surface area contributed by atoms with Crippen LogP contribution in [0.4, 0.5) is 22.0 Å². The number of nitrogens with zero attached hydrogens (tertiary/aromatic N) is 5. The van der Waals surface area contributed by atoms with Crippen LogP contribution >= 0.6 is 0 Å². The Kier molecular flexibility index (Phi) is 5.78. The summed E-state index contributed by atoms with van der Waals surface area (Å²) in [4.78, 5) is 31.8. The van der Waals surface area contributed by atoms with Gasteiger partial charge in [-0.15, -0.1) is 0 Å². The maximum absolute atomic E-state index is 13.2. The van der Waals surface area contributed by atoms with Crippen LogP contribution in [-0.4, -0.2) is 50.9 Å². The molecule has 3 heterocycles. The fourth-order valence-corrected chi connectivity index (χ4v) is 3.52. The van der Waals surface area contributed by atoms with Gasteiger partial charge in [-0.2, -0.15) is 0 Å². The molecule has 8 nitrogen and oxygen atoms in total. The Bertz CT molecular complexity index is 1030. The summed E-state index contributed by atoms with van der Waals surface area (Å²) in [6.07, 6.45) is 4.96. The van der Waals surface area contributed by atoms with Gasteiger partial charge >= 0.3 is 0 Å². The lowest BCUT2D eigenvalue weighted by Crippen LogP contribution is -2.39. The van der Waals surface area contributed by atoms with E-state index < -0.39 is 0 Å². The molecular weight excluding hydrogens is 385 g/mol. The molecule has 30 heavy (non-hydrogen) atoms. The standard InChI is InChI=1S/C21H22FN7O/c1-23-18-11-19(26-13-25-18)28-21-24-9-8-17(27-21)15-3-2-10-29(12-15)20(30)14-4-6-16(22)7-5-14/h4-9,11,13,15H,2-3,10,12H2,1H3,(H2,23,24,25,26,27,28)/t15-/m1/s1. The Balaban J connectivity index is 1.47. The minimum Gasteiger partial charge on any atom is -0.373 e. The lowest BCUT2D eigenvalue weighted by molar-refractivity contribution is 0.0706. The average molecular weight is 407 g/mol. The average Bonchev–Trinajstić information content (AvgIpc) is 2.79. The van der Waals surface area contributed by atoms with Crippen molar-refractivity contribution >= 4 is 23.5 Å². The molecule has 1 aliphatic heterocycles. The van der Waals surface area contributed by atoms with Crippen molar-refractivity contribution in [1.82, 2.24) is 24.8 Å². The zero-order valence-corrected chi connectivity index (χ0v) is 16.5. The summed E-state index contributed by atoms with van der Waals surface area (Å²) < 4.78 is 13.2. The fraction of sp³-hybridized carbons (Fsp3) is 0.286. The molecule has 154 valence electrons. The molecule has 0 aliphatic carbocycles. The number of carbonyl (C=O) groups is 1. The van der Waals surface area contributed by atoms with E-state index in [-0.39, 0.29) is 17.6 Å². The monoisotopic (exact) mass is 407 g/mol.